The number of sulfonamides is 2. The van der Waals surface area contributed by atoms with Crippen molar-refractivity contribution in [3.8, 4) is 11.5 Å². The largest absolute Gasteiger partial charge is 0.470 e. The number of hydrogen-bond acceptors (Lipinski definition) is 9. The molecule has 0 atom stereocenters. The number of ketones is 1. The number of para-hydroxylation sites is 2. The van der Waals surface area contributed by atoms with Gasteiger partial charge in [-0.3, -0.25) is 13.4 Å². The van der Waals surface area contributed by atoms with E-state index in [0.29, 0.717) is 11.4 Å². The fourth-order valence-corrected chi connectivity index (χ4v) is 6.92. The minimum atomic E-state index is -4.81. The highest BCUT2D eigenvalue weighted by molar-refractivity contribution is 7.93. The molecule has 0 bridgehead atoms. The number of carbonyl (C=O) groups is 1. The van der Waals surface area contributed by atoms with Gasteiger partial charge in [0.05, 0.1) is 42.5 Å². The second-order valence-electron chi connectivity index (χ2n) is 11.1. The molecule has 2 N–H and O–H groups in total. The van der Waals surface area contributed by atoms with Gasteiger partial charge in [-0.05, 0) is 56.3 Å². The minimum absolute atomic E-state index is 0.0326. The van der Waals surface area contributed by atoms with E-state index in [1.54, 1.807) is 60.7 Å². The number of hydrogen-bond donors (Lipinski definition) is 1. The lowest BCUT2D eigenvalue weighted by molar-refractivity contribution is -0.156. The third-order valence-corrected chi connectivity index (χ3v) is 11.1. The molecule has 1 heterocycles. The molecule has 0 aliphatic carbocycles. The third kappa shape index (κ3) is 10.2. The molecule has 5 aromatic rings. The van der Waals surface area contributed by atoms with E-state index in [4.69, 9.17) is 5.73 Å². The van der Waals surface area contributed by atoms with Gasteiger partial charge < -0.3 is 10.2 Å². The quantitative estimate of drug-likeness (QED) is 0.103. The molecule has 0 radical (unpaired) electrons. The molecule has 0 amide bonds. The monoisotopic (exact) mass is 779 g/mol. The molecule has 4 aromatic carbocycles. The van der Waals surface area contributed by atoms with E-state index >= 15 is 0 Å². The van der Waals surface area contributed by atoms with Crippen LogP contribution < -0.4 is 14.3 Å². The maximum absolute atomic E-state index is 14.6. The van der Waals surface area contributed by atoms with Gasteiger partial charge in [0.15, 0.2) is 5.78 Å². The zero-order chi connectivity index (χ0) is 39.0. The van der Waals surface area contributed by atoms with Crippen LogP contribution in [0.4, 0.5) is 33.3 Å². The van der Waals surface area contributed by atoms with Crippen molar-refractivity contribution < 1.29 is 48.0 Å². The smallest absolute Gasteiger partial charge is 0.413 e. The Morgan fingerprint density at radius 1 is 0.717 bits per heavy atom. The molecule has 1 aromatic heterocycles. The van der Waals surface area contributed by atoms with Crippen LogP contribution in [-0.4, -0.2) is 50.9 Å². The first-order valence-corrected chi connectivity index (χ1v) is 19.0. The first-order valence-electron chi connectivity index (χ1n) is 15.8. The lowest BCUT2D eigenvalue weighted by atomic mass is 10.1. The van der Waals surface area contributed by atoms with E-state index in [1.807, 2.05) is 0 Å². The summed E-state index contributed by atoms with van der Waals surface area (Å²) in [6.45, 7) is 2.36. The summed E-state index contributed by atoms with van der Waals surface area (Å²) in [5.41, 5.74) is 6.42. The van der Waals surface area contributed by atoms with Crippen LogP contribution in [0.3, 0.4) is 0 Å². The molecule has 53 heavy (non-hydrogen) atoms. The predicted octanol–water partition coefficient (Wildman–Crippen LogP) is 6.57. The van der Waals surface area contributed by atoms with Crippen molar-refractivity contribution in [3.63, 3.8) is 0 Å². The van der Waals surface area contributed by atoms with E-state index < -0.39 is 49.6 Å². The van der Waals surface area contributed by atoms with Crippen LogP contribution in [0.1, 0.15) is 41.2 Å². The van der Waals surface area contributed by atoms with E-state index in [2.05, 4.69) is 14.6 Å². The second kappa shape index (κ2) is 17.1. The number of aromatic nitrogens is 2. The molecule has 0 aliphatic heterocycles. The lowest BCUT2D eigenvalue weighted by Gasteiger charge is -2.24. The van der Waals surface area contributed by atoms with Crippen LogP contribution in [0.25, 0.3) is 11.5 Å². The first kappa shape index (κ1) is 40.6. The Hall–Kier alpha value is -5.20. The summed E-state index contributed by atoms with van der Waals surface area (Å²) in [5.74, 6) is -4.16. The van der Waals surface area contributed by atoms with Gasteiger partial charge in [0.2, 0.25) is 25.9 Å². The predicted molar refractivity (Wildman–Crippen MR) is 189 cm³/mol. The highest BCUT2D eigenvalue weighted by atomic mass is 32.2. The Morgan fingerprint density at radius 3 is 1.58 bits per heavy atom. The van der Waals surface area contributed by atoms with Gasteiger partial charge in [-0.2, -0.15) is 13.2 Å². The molecule has 0 aliphatic rings. The zero-order valence-corrected chi connectivity index (χ0v) is 29.9. The molecule has 18 heteroatoms. The van der Waals surface area contributed by atoms with Gasteiger partial charge in [0.25, 0.3) is 0 Å². The van der Waals surface area contributed by atoms with Crippen LogP contribution in [-0.2, 0) is 39.3 Å². The molecular weight excluding hydrogens is 746 g/mol. The highest BCUT2D eigenvalue weighted by Gasteiger charge is 2.38. The van der Waals surface area contributed by atoms with E-state index in [0.717, 1.165) is 20.7 Å². The van der Waals surface area contributed by atoms with E-state index in [9.17, 15) is 43.6 Å². The van der Waals surface area contributed by atoms with Crippen LogP contribution >= 0.6 is 0 Å². The van der Waals surface area contributed by atoms with Gasteiger partial charge >= 0.3 is 12.1 Å². The van der Waals surface area contributed by atoms with E-state index in [-0.39, 0.29) is 59.2 Å². The number of carbonyl (C=O) groups excluding carboxylic acids is 1. The number of nitrogens with zero attached hydrogens (tertiary/aromatic N) is 4. The van der Waals surface area contributed by atoms with Crippen molar-refractivity contribution in [2.75, 3.05) is 26.7 Å². The summed E-state index contributed by atoms with van der Waals surface area (Å²) >= 11 is 0. The van der Waals surface area contributed by atoms with Crippen LogP contribution in [0.5, 0.6) is 0 Å². The average molecular weight is 780 g/mol. The first-order chi connectivity index (χ1) is 25.0. The van der Waals surface area contributed by atoms with Gasteiger partial charge in [-0.15, -0.1) is 10.2 Å². The molecule has 0 saturated carbocycles. The topological polar surface area (TPSA) is 157 Å². The van der Waals surface area contributed by atoms with Gasteiger partial charge in [0, 0.05) is 22.3 Å². The summed E-state index contributed by atoms with van der Waals surface area (Å²) < 4.78 is 123. The van der Waals surface area contributed by atoms with Crippen molar-refractivity contribution in [1.82, 2.24) is 10.2 Å². The minimum Gasteiger partial charge on any atom is -0.413 e. The van der Waals surface area contributed by atoms with Crippen LogP contribution in [0, 0.1) is 11.6 Å². The van der Waals surface area contributed by atoms with Crippen molar-refractivity contribution in [2.45, 2.75) is 33.1 Å². The molecule has 0 fully saturated rings. The van der Waals surface area contributed by atoms with Crippen LogP contribution in [0.2, 0.25) is 0 Å². The normalized spacial score (nSPS) is 11.8. The summed E-state index contributed by atoms with van der Waals surface area (Å²) in [7, 11) is -7.28. The van der Waals surface area contributed by atoms with Crippen LogP contribution in [0.15, 0.2) is 101 Å². The number of alkyl halides is 3. The molecule has 0 saturated heterocycles. The third-order valence-electron chi connectivity index (χ3n) is 7.65. The molecular formula is C35H34F5N5O6S2. The summed E-state index contributed by atoms with van der Waals surface area (Å²) in [4.78, 5) is 11.5. The Labute approximate surface area is 303 Å². The Bertz CT molecular complexity index is 2240. The summed E-state index contributed by atoms with van der Waals surface area (Å²) in [5, 5.41) is 6.17. The van der Waals surface area contributed by atoms with Crippen molar-refractivity contribution >= 4 is 37.2 Å². The van der Waals surface area contributed by atoms with Crippen molar-refractivity contribution in [2.24, 2.45) is 5.73 Å². The molecule has 0 spiro atoms. The molecule has 0 unspecified atom stereocenters. The number of nitrogens with two attached hydrogens (primary N) is 1. The standard InChI is InChI=1S/C18H15F4N3O3S.C17H19FN2O3S/c1-2-29(26,27)25(14-6-4-3-5-7-14)11-13-9-8-12(10-15(13)19)16-23-24-17(28-16)18(20,21)22;1-2-24(22,23)20(15-6-4-3-5-7-15)12-14-9-8-13(10-16(14)18)17(21)11-19/h3-10H,2,11H2,1H3;3-10H,2,11-12,19H2,1H3. The Kier molecular flexibility index (Phi) is 13.1. The Balaban J connectivity index is 0.000000241. The average Bonchev–Trinajstić information content (AvgIpc) is 3.66. The Morgan fingerprint density at radius 2 is 1.19 bits per heavy atom. The molecule has 5 rings (SSSR count). The highest BCUT2D eigenvalue weighted by Crippen LogP contribution is 2.31. The second-order valence-corrected chi connectivity index (χ2v) is 15.5. The summed E-state index contributed by atoms with van der Waals surface area (Å²) in [6.07, 6.45) is -4.81. The van der Waals surface area contributed by atoms with Crippen molar-refractivity contribution in [3.05, 3.63) is 131 Å². The zero-order valence-electron chi connectivity index (χ0n) is 28.3. The van der Waals surface area contributed by atoms with Crippen molar-refractivity contribution in [1.29, 1.82) is 0 Å². The lowest BCUT2D eigenvalue weighted by Crippen LogP contribution is -2.32. The maximum atomic E-state index is 14.6. The molecule has 11 nitrogen and oxygen atoms in total. The maximum Gasteiger partial charge on any atom is 0.470 e. The fraction of sp³-hybridized carbons (Fsp3) is 0.229. The number of Topliss-reactive ketones (excluding diaryl/α,β-unsaturated/α-hetero) is 1. The molecule has 282 valence electrons. The van der Waals surface area contributed by atoms with Gasteiger partial charge in [-0.25, -0.2) is 25.6 Å². The van der Waals surface area contributed by atoms with E-state index in [1.165, 1.54) is 38.1 Å². The van der Waals surface area contributed by atoms with Gasteiger partial charge in [-0.1, -0.05) is 54.6 Å². The SMILES string of the molecule is CCS(=O)(=O)N(Cc1ccc(-c2nnc(C(F)(F)F)o2)cc1F)c1ccccc1.CCS(=O)(=O)N(Cc1ccc(C(=O)CN)cc1F)c1ccccc1. The number of anilines is 2. The van der Waals surface area contributed by atoms with Gasteiger partial charge in [0.1, 0.15) is 11.6 Å². The fourth-order valence-electron chi connectivity index (χ4n) is 4.74. The summed E-state index contributed by atoms with van der Waals surface area (Å²) in [6, 6.07) is 24.1. The number of benzene rings is 4. The number of rotatable bonds is 13. The number of halogens is 5.